The maximum atomic E-state index is 5.46. The molecule has 2 rings (SSSR count). The van der Waals surface area contributed by atoms with Crippen LogP contribution in [-0.4, -0.2) is 43.0 Å². The van der Waals surface area contributed by atoms with Crippen molar-refractivity contribution in [1.82, 2.24) is 14.9 Å². The molecule has 5 heteroatoms. The van der Waals surface area contributed by atoms with Crippen LogP contribution in [0.5, 0.6) is 0 Å². The summed E-state index contributed by atoms with van der Waals surface area (Å²) in [5, 5.41) is 3.52. The second-order valence-corrected chi connectivity index (χ2v) is 4.97. The minimum absolute atomic E-state index is 0.500. The number of rotatable bonds is 9. The largest absolute Gasteiger partial charge is 0.382 e. The van der Waals surface area contributed by atoms with E-state index in [0.717, 1.165) is 32.5 Å². The lowest BCUT2D eigenvalue weighted by molar-refractivity contribution is 0.0684. The fourth-order valence-electron chi connectivity index (χ4n) is 2.48. The lowest BCUT2D eigenvalue weighted by Crippen LogP contribution is -2.17. The van der Waals surface area contributed by atoms with Crippen molar-refractivity contribution in [3.8, 4) is 0 Å². The number of hydrogen-bond donors (Lipinski definition) is 1. The first-order chi connectivity index (χ1) is 9.42. The molecule has 1 atom stereocenters. The molecule has 1 saturated heterocycles. The summed E-state index contributed by atoms with van der Waals surface area (Å²) in [5.41, 5.74) is 1.33. The first-order valence-electron chi connectivity index (χ1n) is 7.22. The Bertz CT molecular complexity index is 348. The Morgan fingerprint density at radius 1 is 1.37 bits per heavy atom. The van der Waals surface area contributed by atoms with Crippen LogP contribution < -0.4 is 5.32 Å². The number of unbranched alkanes of at least 4 members (excludes halogenated alkanes) is 1. The monoisotopic (exact) mass is 267 g/mol. The van der Waals surface area contributed by atoms with E-state index < -0.39 is 0 Å². The predicted octanol–water partition coefficient (Wildman–Crippen LogP) is 1.75. The van der Waals surface area contributed by atoms with Gasteiger partial charge >= 0.3 is 0 Å². The summed E-state index contributed by atoms with van der Waals surface area (Å²) >= 11 is 0. The lowest BCUT2D eigenvalue weighted by Gasteiger charge is -2.13. The Morgan fingerprint density at radius 2 is 2.32 bits per heavy atom. The van der Waals surface area contributed by atoms with Gasteiger partial charge in [0.2, 0.25) is 0 Å². The van der Waals surface area contributed by atoms with Crippen molar-refractivity contribution in [3.05, 3.63) is 18.2 Å². The van der Waals surface area contributed by atoms with E-state index in [1.807, 2.05) is 12.5 Å². The summed E-state index contributed by atoms with van der Waals surface area (Å²) in [6.45, 7) is 4.34. The van der Waals surface area contributed by atoms with Gasteiger partial charge in [0.05, 0.1) is 25.2 Å². The van der Waals surface area contributed by atoms with Gasteiger partial charge in [0.1, 0.15) is 0 Å². The second kappa shape index (κ2) is 8.30. The Labute approximate surface area is 115 Å². The molecular formula is C14H25N3O2. The minimum atomic E-state index is 0.500. The van der Waals surface area contributed by atoms with Crippen LogP contribution in [0.3, 0.4) is 0 Å². The molecule has 1 aromatic rings. The Balaban J connectivity index is 1.64. The molecule has 0 bridgehead atoms. The van der Waals surface area contributed by atoms with Crippen LogP contribution in [0.25, 0.3) is 0 Å². The topological polar surface area (TPSA) is 48.3 Å². The summed E-state index contributed by atoms with van der Waals surface area (Å²) in [6, 6.07) is 0.500. The predicted molar refractivity (Wildman–Crippen MR) is 74.1 cm³/mol. The van der Waals surface area contributed by atoms with Crippen LogP contribution in [0, 0.1) is 0 Å². The van der Waals surface area contributed by atoms with Gasteiger partial charge in [-0.05, 0) is 32.2 Å². The van der Waals surface area contributed by atoms with Gasteiger partial charge < -0.3 is 19.4 Å². The number of nitrogens with one attached hydrogen (secondary N) is 1. The highest BCUT2D eigenvalue weighted by atomic mass is 16.5. The highest BCUT2D eigenvalue weighted by Crippen LogP contribution is 2.22. The van der Waals surface area contributed by atoms with E-state index in [4.69, 9.17) is 9.47 Å². The molecule has 0 spiro atoms. The van der Waals surface area contributed by atoms with Gasteiger partial charge in [-0.3, -0.25) is 0 Å². The van der Waals surface area contributed by atoms with Gasteiger partial charge in [-0.2, -0.15) is 0 Å². The number of nitrogens with zero attached hydrogens (tertiary/aromatic N) is 2. The molecule has 2 heterocycles. The average molecular weight is 267 g/mol. The molecule has 19 heavy (non-hydrogen) atoms. The van der Waals surface area contributed by atoms with Crippen LogP contribution >= 0.6 is 0 Å². The SMILES string of the molecule is COCCOCCCCn1cncc1C1CCCN1. The van der Waals surface area contributed by atoms with Crippen LogP contribution in [0.1, 0.15) is 37.4 Å². The maximum Gasteiger partial charge on any atom is 0.0948 e. The molecule has 108 valence electrons. The van der Waals surface area contributed by atoms with Crippen molar-refractivity contribution in [2.75, 3.05) is 33.5 Å². The average Bonchev–Trinajstić information content (AvgIpc) is 3.08. The second-order valence-electron chi connectivity index (χ2n) is 4.97. The Kier molecular flexibility index (Phi) is 6.33. The van der Waals surface area contributed by atoms with Crippen molar-refractivity contribution in [2.45, 2.75) is 38.3 Å². The van der Waals surface area contributed by atoms with Crippen LogP contribution in [-0.2, 0) is 16.0 Å². The molecule has 1 aromatic heterocycles. The summed E-state index contributed by atoms with van der Waals surface area (Å²) in [6.07, 6.45) is 8.65. The number of methoxy groups -OCH3 is 1. The van der Waals surface area contributed by atoms with Gasteiger partial charge in [-0.15, -0.1) is 0 Å². The lowest BCUT2D eigenvalue weighted by atomic mass is 10.1. The fourth-order valence-corrected chi connectivity index (χ4v) is 2.48. The number of aromatic nitrogens is 2. The minimum Gasteiger partial charge on any atom is -0.382 e. The molecule has 0 saturated carbocycles. The molecule has 0 amide bonds. The van der Waals surface area contributed by atoms with E-state index in [1.54, 1.807) is 7.11 Å². The molecule has 0 radical (unpaired) electrons. The Hall–Kier alpha value is -0.910. The summed E-state index contributed by atoms with van der Waals surface area (Å²) in [5.74, 6) is 0. The highest BCUT2D eigenvalue weighted by molar-refractivity contribution is 5.07. The van der Waals surface area contributed by atoms with E-state index in [9.17, 15) is 0 Å². The first-order valence-corrected chi connectivity index (χ1v) is 7.22. The molecule has 1 fully saturated rings. The number of imidazole rings is 1. The quantitative estimate of drug-likeness (QED) is 0.693. The van der Waals surface area contributed by atoms with Crippen LogP contribution in [0.2, 0.25) is 0 Å². The summed E-state index contributed by atoms with van der Waals surface area (Å²) in [4.78, 5) is 4.28. The number of ether oxygens (including phenoxy) is 2. The standard InChI is InChI=1S/C14H25N3O2/c1-18-9-10-19-8-3-2-7-17-12-15-11-14(17)13-5-4-6-16-13/h11-13,16H,2-10H2,1H3. The zero-order valence-electron chi connectivity index (χ0n) is 11.8. The third-order valence-corrected chi connectivity index (χ3v) is 3.53. The normalized spacial score (nSPS) is 19.1. The smallest absolute Gasteiger partial charge is 0.0948 e. The molecule has 0 aliphatic carbocycles. The van der Waals surface area contributed by atoms with Crippen molar-refractivity contribution < 1.29 is 9.47 Å². The zero-order valence-corrected chi connectivity index (χ0v) is 11.8. The Morgan fingerprint density at radius 3 is 3.11 bits per heavy atom. The highest BCUT2D eigenvalue weighted by Gasteiger charge is 2.19. The van der Waals surface area contributed by atoms with Gasteiger partial charge in [0.15, 0.2) is 0 Å². The third-order valence-electron chi connectivity index (χ3n) is 3.53. The summed E-state index contributed by atoms with van der Waals surface area (Å²) in [7, 11) is 1.70. The van der Waals surface area contributed by atoms with E-state index in [0.29, 0.717) is 19.3 Å². The van der Waals surface area contributed by atoms with Gasteiger partial charge in [-0.25, -0.2) is 4.98 Å². The fraction of sp³-hybridized carbons (Fsp3) is 0.786. The van der Waals surface area contributed by atoms with Crippen molar-refractivity contribution in [1.29, 1.82) is 0 Å². The van der Waals surface area contributed by atoms with E-state index in [1.165, 1.54) is 18.5 Å². The van der Waals surface area contributed by atoms with Crippen molar-refractivity contribution >= 4 is 0 Å². The van der Waals surface area contributed by atoms with Crippen molar-refractivity contribution in [2.24, 2.45) is 0 Å². The van der Waals surface area contributed by atoms with Crippen molar-refractivity contribution in [3.63, 3.8) is 0 Å². The number of aryl methyl sites for hydroxylation is 1. The maximum absolute atomic E-state index is 5.46. The zero-order chi connectivity index (χ0) is 13.3. The van der Waals surface area contributed by atoms with Crippen LogP contribution in [0.4, 0.5) is 0 Å². The third kappa shape index (κ3) is 4.60. The van der Waals surface area contributed by atoms with Crippen LogP contribution in [0.15, 0.2) is 12.5 Å². The molecule has 5 nitrogen and oxygen atoms in total. The number of hydrogen-bond acceptors (Lipinski definition) is 4. The molecule has 1 aliphatic heterocycles. The van der Waals surface area contributed by atoms with E-state index in [-0.39, 0.29) is 0 Å². The van der Waals surface area contributed by atoms with E-state index in [2.05, 4.69) is 14.9 Å². The van der Waals surface area contributed by atoms with E-state index >= 15 is 0 Å². The molecule has 1 aliphatic rings. The van der Waals surface area contributed by atoms with Gasteiger partial charge in [0, 0.05) is 32.5 Å². The first kappa shape index (κ1) is 14.5. The molecule has 1 N–H and O–H groups in total. The summed E-state index contributed by atoms with van der Waals surface area (Å²) < 4.78 is 12.7. The molecule has 0 aromatic carbocycles. The molecular weight excluding hydrogens is 242 g/mol. The molecule has 1 unspecified atom stereocenters. The van der Waals surface area contributed by atoms with Gasteiger partial charge in [-0.1, -0.05) is 0 Å². The van der Waals surface area contributed by atoms with Gasteiger partial charge in [0.25, 0.3) is 0 Å².